The molecule has 0 aliphatic heterocycles. The minimum atomic E-state index is 0.0434. The van der Waals surface area contributed by atoms with E-state index in [1.54, 1.807) is 11.3 Å². The summed E-state index contributed by atoms with van der Waals surface area (Å²) in [6.45, 7) is 7.69. The highest BCUT2D eigenvalue weighted by atomic mass is 32.1. The molecule has 0 spiro atoms. The predicted octanol–water partition coefficient (Wildman–Crippen LogP) is 3.47. The molecule has 0 saturated carbocycles. The fraction of sp³-hybridized carbons (Fsp3) is 0.615. The van der Waals surface area contributed by atoms with E-state index >= 15 is 0 Å². The number of carbonyl (C=O) groups is 1. The Hall–Kier alpha value is -1.03. The number of hydrogen-bond donors (Lipinski definition) is 1. The zero-order chi connectivity index (χ0) is 12.7. The van der Waals surface area contributed by atoms with Gasteiger partial charge in [-0.05, 0) is 31.7 Å². The van der Waals surface area contributed by atoms with Gasteiger partial charge in [0.2, 0.25) is 0 Å². The molecule has 1 rings (SSSR count). The molecule has 0 saturated heterocycles. The largest absolute Gasteiger partial charge is 0.338 e. The summed E-state index contributed by atoms with van der Waals surface area (Å²) < 4.78 is 0. The van der Waals surface area contributed by atoms with Crippen molar-refractivity contribution >= 4 is 17.4 Å². The van der Waals surface area contributed by atoms with Gasteiger partial charge in [0, 0.05) is 17.5 Å². The maximum absolute atomic E-state index is 12.0. The molecule has 1 aromatic heterocycles. The van der Waals surface area contributed by atoms with Crippen LogP contribution in [0.1, 0.15) is 38.5 Å². The van der Waals surface area contributed by atoms with Crippen LogP contribution in [0.2, 0.25) is 0 Å². The fourth-order valence-electron chi connectivity index (χ4n) is 1.53. The average Bonchev–Trinajstić information content (AvgIpc) is 2.78. The molecule has 1 aromatic rings. The van der Waals surface area contributed by atoms with Gasteiger partial charge in [-0.25, -0.2) is 4.79 Å². The van der Waals surface area contributed by atoms with E-state index < -0.39 is 0 Å². The van der Waals surface area contributed by atoms with Crippen molar-refractivity contribution < 1.29 is 4.79 Å². The third kappa shape index (κ3) is 4.77. The molecule has 17 heavy (non-hydrogen) atoms. The van der Waals surface area contributed by atoms with E-state index in [-0.39, 0.29) is 12.1 Å². The summed E-state index contributed by atoms with van der Waals surface area (Å²) in [5.41, 5.74) is 0. The smallest absolute Gasteiger partial charge is 0.317 e. The Kier molecular flexibility index (Phi) is 6.05. The standard InChI is InChI=1S/C13H22N2OS/c1-4-5-8-14-13(16)15(11(2)3)10-12-7-6-9-17-12/h6-7,9,11H,4-5,8,10H2,1-3H3,(H,14,16). The van der Waals surface area contributed by atoms with Crippen LogP contribution >= 0.6 is 11.3 Å². The number of urea groups is 1. The molecular weight excluding hydrogens is 232 g/mol. The van der Waals surface area contributed by atoms with Crippen LogP contribution in [0.25, 0.3) is 0 Å². The first-order chi connectivity index (χ1) is 8.15. The van der Waals surface area contributed by atoms with Crippen LogP contribution in [-0.2, 0) is 6.54 Å². The predicted molar refractivity (Wildman–Crippen MR) is 73.3 cm³/mol. The maximum Gasteiger partial charge on any atom is 0.317 e. The second-order valence-corrected chi connectivity index (χ2v) is 5.42. The zero-order valence-corrected chi connectivity index (χ0v) is 11.7. The second kappa shape index (κ2) is 7.33. The molecule has 1 heterocycles. The number of thiophene rings is 1. The topological polar surface area (TPSA) is 32.3 Å². The molecule has 3 nitrogen and oxygen atoms in total. The zero-order valence-electron chi connectivity index (χ0n) is 10.9. The monoisotopic (exact) mass is 254 g/mol. The number of nitrogens with zero attached hydrogens (tertiary/aromatic N) is 1. The quantitative estimate of drug-likeness (QED) is 0.775. The van der Waals surface area contributed by atoms with Crippen LogP contribution in [0, 0.1) is 0 Å². The number of carbonyl (C=O) groups excluding carboxylic acids is 1. The summed E-state index contributed by atoms with van der Waals surface area (Å²) in [5, 5.41) is 5.01. The van der Waals surface area contributed by atoms with Crippen molar-refractivity contribution in [2.24, 2.45) is 0 Å². The summed E-state index contributed by atoms with van der Waals surface area (Å²) in [6, 6.07) is 4.35. The van der Waals surface area contributed by atoms with Gasteiger partial charge in [-0.3, -0.25) is 0 Å². The summed E-state index contributed by atoms with van der Waals surface area (Å²) in [5.74, 6) is 0. The Morgan fingerprint density at radius 3 is 2.82 bits per heavy atom. The Balaban J connectivity index is 2.50. The first-order valence-electron chi connectivity index (χ1n) is 6.22. The lowest BCUT2D eigenvalue weighted by molar-refractivity contribution is 0.180. The molecule has 2 amide bonds. The highest BCUT2D eigenvalue weighted by Crippen LogP contribution is 2.13. The van der Waals surface area contributed by atoms with E-state index in [1.807, 2.05) is 30.2 Å². The Bertz CT molecular complexity index is 322. The van der Waals surface area contributed by atoms with Crippen LogP contribution in [-0.4, -0.2) is 23.5 Å². The molecule has 96 valence electrons. The maximum atomic E-state index is 12.0. The number of rotatable bonds is 6. The van der Waals surface area contributed by atoms with Crippen LogP contribution in [0.4, 0.5) is 4.79 Å². The Morgan fingerprint density at radius 2 is 2.29 bits per heavy atom. The minimum absolute atomic E-state index is 0.0434. The van der Waals surface area contributed by atoms with Gasteiger partial charge in [0.1, 0.15) is 0 Å². The first kappa shape index (κ1) is 14.0. The molecule has 4 heteroatoms. The summed E-state index contributed by atoms with van der Waals surface area (Å²) >= 11 is 1.69. The first-order valence-corrected chi connectivity index (χ1v) is 7.10. The third-order valence-electron chi connectivity index (χ3n) is 2.60. The number of unbranched alkanes of at least 4 members (excludes halogenated alkanes) is 1. The summed E-state index contributed by atoms with van der Waals surface area (Å²) in [6.07, 6.45) is 2.14. The van der Waals surface area contributed by atoms with Crippen molar-refractivity contribution in [3.8, 4) is 0 Å². The Labute approximate surface area is 108 Å². The van der Waals surface area contributed by atoms with Gasteiger partial charge in [-0.2, -0.15) is 0 Å². The van der Waals surface area contributed by atoms with Gasteiger partial charge in [0.05, 0.1) is 6.54 Å². The van der Waals surface area contributed by atoms with Crippen molar-refractivity contribution in [2.45, 2.75) is 46.2 Å². The minimum Gasteiger partial charge on any atom is -0.338 e. The van der Waals surface area contributed by atoms with E-state index in [0.717, 1.165) is 19.4 Å². The molecule has 0 aromatic carbocycles. The Morgan fingerprint density at radius 1 is 1.53 bits per heavy atom. The molecule has 0 aliphatic rings. The summed E-state index contributed by atoms with van der Waals surface area (Å²) in [7, 11) is 0. The molecule has 0 atom stereocenters. The van der Waals surface area contributed by atoms with E-state index in [0.29, 0.717) is 6.54 Å². The molecule has 0 bridgehead atoms. The van der Waals surface area contributed by atoms with Gasteiger partial charge in [0.25, 0.3) is 0 Å². The van der Waals surface area contributed by atoms with Crippen molar-refractivity contribution in [3.63, 3.8) is 0 Å². The van der Waals surface area contributed by atoms with Gasteiger partial charge < -0.3 is 10.2 Å². The van der Waals surface area contributed by atoms with Crippen LogP contribution in [0.3, 0.4) is 0 Å². The van der Waals surface area contributed by atoms with Crippen molar-refractivity contribution in [3.05, 3.63) is 22.4 Å². The highest BCUT2D eigenvalue weighted by Gasteiger charge is 2.16. The van der Waals surface area contributed by atoms with Crippen LogP contribution < -0.4 is 5.32 Å². The lowest BCUT2D eigenvalue weighted by Crippen LogP contribution is -2.43. The third-order valence-corrected chi connectivity index (χ3v) is 3.46. The molecule has 1 N–H and O–H groups in total. The van der Waals surface area contributed by atoms with E-state index in [4.69, 9.17) is 0 Å². The van der Waals surface area contributed by atoms with Crippen LogP contribution in [0.5, 0.6) is 0 Å². The van der Waals surface area contributed by atoms with Crippen molar-refractivity contribution in [1.29, 1.82) is 0 Å². The van der Waals surface area contributed by atoms with Gasteiger partial charge >= 0.3 is 6.03 Å². The molecule has 0 unspecified atom stereocenters. The number of nitrogens with one attached hydrogen (secondary N) is 1. The highest BCUT2D eigenvalue weighted by molar-refractivity contribution is 7.09. The fourth-order valence-corrected chi connectivity index (χ4v) is 2.24. The lowest BCUT2D eigenvalue weighted by atomic mass is 10.3. The van der Waals surface area contributed by atoms with E-state index in [9.17, 15) is 4.79 Å². The molecular formula is C13H22N2OS. The normalized spacial score (nSPS) is 10.6. The average molecular weight is 254 g/mol. The van der Waals surface area contributed by atoms with Crippen molar-refractivity contribution in [1.82, 2.24) is 10.2 Å². The van der Waals surface area contributed by atoms with Crippen LogP contribution in [0.15, 0.2) is 17.5 Å². The van der Waals surface area contributed by atoms with E-state index in [2.05, 4.69) is 18.3 Å². The SMILES string of the molecule is CCCCNC(=O)N(Cc1cccs1)C(C)C. The lowest BCUT2D eigenvalue weighted by Gasteiger charge is -2.26. The van der Waals surface area contributed by atoms with Gasteiger partial charge in [-0.15, -0.1) is 11.3 Å². The molecule has 0 aliphatic carbocycles. The number of hydrogen-bond acceptors (Lipinski definition) is 2. The van der Waals surface area contributed by atoms with E-state index in [1.165, 1.54) is 4.88 Å². The number of amides is 2. The molecule has 0 radical (unpaired) electrons. The van der Waals surface area contributed by atoms with Gasteiger partial charge in [-0.1, -0.05) is 19.4 Å². The van der Waals surface area contributed by atoms with Gasteiger partial charge in [0.15, 0.2) is 0 Å². The second-order valence-electron chi connectivity index (χ2n) is 4.39. The van der Waals surface area contributed by atoms with Crippen molar-refractivity contribution in [2.75, 3.05) is 6.54 Å². The summed E-state index contributed by atoms with van der Waals surface area (Å²) in [4.78, 5) is 15.1. The molecule has 0 fully saturated rings.